The van der Waals surface area contributed by atoms with Crippen molar-refractivity contribution in [3.63, 3.8) is 0 Å². The van der Waals surface area contributed by atoms with Crippen molar-refractivity contribution in [3.05, 3.63) is 35.6 Å². The minimum absolute atomic E-state index is 0.0245. The van der Waals surface area contributed by atoms with E-state index in [9.17, 15) is 14.0 Å². The zero-order valence-electron chi connectivity index (χ0n) is 13.8. The summed E-state index contributed by atoms with van der Waals surface area (Å²) in [6, 6.07) is 4.64. The molecule has 22 heavy (non-hydrogen) atoms. The Bertz CT molecular complexity index is 512. The van der Waals surface area contributed by atoms with Crippen molar-refractivity contribution in [1.29, 1.82) is 0 Å². The second-order valence-electron chi connectivity index (χ2n) is 6.24. The Morgan fingerprint density at radius 1 is 0.909 bits per heavy atom. The Kier molecular flexibility index (Phi) is 6.53. The highest BCUT2D eigenvalue weighted by atomic mass is 19.1. The average molecular weight is 308 g/mol. The van der Waals surface area contributed by atoms with Crippen molar-refractivity contribution >= 4 is 11.8 Å². The Morgan fingerprint density at radius 3 is 1.91 bits per heavy atom. The molecule has 0 bridgehead atoms. The molecule has 0 aromatic heterocycles. The third-order valence-corrected chi connectivity index (χ3v) is 3.71. The van der Waals surface area contributed by atoms with Gasteiger partial charge in [0.15, 0.2) is 0 Å². The maximum Gasteiger partial charge on any atom is 0.251 e. The number of benzene rings is 1. The Labute approximate surface area is 131 Å². The molecule has 0 fully saturated rings. The van der Waals surface area contributed by atoms with Gasteiger partial charge in [0, 0.05) is 11.6 Å². The van der Waals surface area contributed by atoms with Gasteiger partial charge in [-0.1, -0.05) is 27.7 Å². The smallest absolute Gasteiger partial charge is 0.251 e. The van der Waals surface area contributed by atoms with Gasteiger partial charge in [-0.05, 0) is 43.0 Å². The van der Waals surface area contributed by atoms with E-state index in [0.717, 1.165) is 0 Å². The lowest BCUT2D eigenvalue weighted by atomic mass is 10.0. The fourth-order valence-electron chi connectivity index (χ4n) is 1.84. The molecule has 2 amide bonds. The first-order chi connectivity index (χ1) is 10.2. The van der Waals surface area contributed by atoms with Gasteiger partial charge in [0.2, 0.25) is 5.91 Å². The quantitative estimate of drug-likeness (QED) is 0.849. The van der Waals surface area contributed by atoms with Crippen LogP contribution in [0.3, 0.4) is 0 Å². The van der Waals surface area contributed by atoms with Crippen molar-refractivity contribution in [3.8, 4) is 0 Å². The molecule has 1 aromatic rings. The van der Waals surface area contributed by atoms with Crippen LogP contribution < -0.4 is 10.6 Å². The number of amides is 2. The molecular weight excluding hydrogens is 283 g/mol. The fraction of sp³-hybridized carbons (Fsp3) is 0.529. The molecule has 0 radical (unpaired) electrons. The van der Waals surface area contributed by atoms with Gasteiger partial charge in [0.1, 0.15) is 11.9 Å². The Morgan fingerprint density at radius 2 is 1.45 bits per heavy atom. The monoisotopic (exact) mass is 308 g/mol. The van der Waals surface area contributed by atoms with Crippen molar-refractivity contribution in [2.24, 2.45) is 11.8 Å². The van der Waals surface area contributed by atoms with E-state index >= 15 is 0 Å². The van der Waals surface area contributed by atoms with E-state index < -0.39 is 11.9 Å². The van der Waals surface area contributed by atoms with Crippen molar-refractivity contribution in [2.45, 2.75) is 46.7 Å². The van der Waals surface area contributed by atoms with Gasteiger partial charge < -0.3 is 10.6 Å². The Hall–Kier alpha value is -1.91. The van der Waals surface area contributed by atoms with Crippen LogP contribution in [-0.2, 0) is 4.79 Å². The van der Waals surface area contributed by atoms with Crippen LogP contribution in [0.15, 0.2) is 24.3 Å². The lowest BCUT2D eigenvalue weighted by molar-refractivity contribution is -0.124. The van der Waals surface area contributed by atoms with Gasteiger partial charge in [-0.2, -0.15) is 0 Å². The highest BCUT2D eigenvalue weighted by Crippen LogP contribution is 2.08. The summed E-state index contributed by atoms with van der Waals surface area (Å²) in [4.78, 5) is 24.5. The van der Waals surface area contributed by atoms with Crippen LogP contribution in [0.25, 0.3) is 0 Å². The molecule has 122 valence electrons. The third-order valence-electron chi connectivity index (χ3n) is 3.71. The predicted octanol–water partition coefficient (Wildman–Crippen LogP) is 2.74. The molecule has 0 aliphatic carbocycles. The summed E-state index contributed by atoms with van der Waals surface area (Å²) >= 11 is 0. The molecule has 0 heterocycles. The number of hydrogen-bond acceptors (Lipinski definition) is 2. The standard InChI is InChI=1S/C17H25FN2O2/c1-10(2)12(5)19-17(22)15(11(3)4)20-16(21)13-6-8-14(18)9-7-13/h6-12,15H,1-5H3,(H,19,22)(H,20,21). The van der Waals surface area contributed by atoms with Crippen molar-refractivity contribution in [1.82, 2.24) is 10.6 Å². The molecule has 1 rings (SSSR count). The van der Waals surface area contributed by atoms with Gasteiger partial charge >= 0.3 is 0 Å². The Balaban J connectivity index is 2.77. The number of halogens is 1. The number of carbonyl (C=O) groups is 2. The minimum Gasteiger partial charge on any atom is -0.352 e. The first kappa shape index (κ1) is 18.1. The summed E-state index contributed by atoms with van der Waals surface area (Å²) in [6.45, 7) is 9.71. The molecule has 0 saturated heterocycles. The highest BCUT2D eigenvalue weighted by molar-refractivity contribution is 5.97. The van der Waals surface area contributed by atoms with Crippen LogP contribution in [-0.4, -0.2) is 23.9 Å². The predicted molar refractivity (Wildman–Crippen MR) is 84.9 cm³/mol. The normalized spacial score (nSPS) is 13.8. The molecule has 5 heteroatoms. The van der Waals surface area contributed by atoms with E-state index in [-0.39, 0.29) is 23.8 Å². The van der Waals surface area contributed by atoms with Crippen LogP contribution >= 0.6 is 0 Å². The lowest BCUT2D eigenvalue weighted by Crippen LogP contribution is -2.52. The topological polar surface area (TPSA) is 58.2 Å². The molecule has 4 nitrogen and oxygen atoms in total. The van der Waals surface area contributed by atoms with Crippen LogP contribution in [0.1, 0.15) is 45.0 Å². The van der Waals surface area contributed by atoms with E-state index in [4.69, 9.17) is 0 Å². The number of nitrogens with one attached hydrogen (secondary N) is 2. The average Bonchev–Trinajstić information content (AvgIpc) is 2.44. The molecule has 1 aromatic carbocycles. The molecule has 0 saturated carbocycles. The third kappa shape index (κ3) is 5.13. The highest BCUT2D eigenvalue weighted by Gasteiger charge is 2.26. The zero-order chi connectivity index (χ0) is 16.9. The van der Waals surface area contributed by atoms with Gasteiger partial charge in [-0.15, -0.1) is 0 Å². The largest absolute Gasteiger partial charge is 0.352 e. The summed E-state index contributed by atoms with van der Waals surface area (Å²) in [5, 5.41) is 5.64. The summed E-state index contributed by atoms with van der Waals surface area (Å²) in [5.41, 5.74) is 0.330. The lowest BCUT2D eigenvalue weighted by Gasteiger charge is -2.25. The van der Waals surface area contributed by atoms with Crippen LogP contribution in [0.2, 0.25) is 0 Å². The van der Waals surface area contributed by atoms with E-state index in [1.807, 2.05) is 34.6 Å². The second-order valence-corrected chi connectivity index (χ2v) is 6.24. The van der Waals surface area contributed by atoms with E-state index in [2.05, 4.69) is 10.6 Å². The molecule has 2 unspecified atom stereocenters. The molecule has 2 N–H and O–H groups in total. The van der Waals surface area contributed by atoms with Crippen molar-refractivity contribution < 1.29 is 14.0 Å². The van der Waals surface area contributed by atoms with E-state index in [0.29, 0.717) is 11.5 Å². The van der Waals surface area contributed by atoms with Gasteiger partial charge in [0.05, 0.1) is 0 Å². The maximum atomic E-state index is 12.9. The molecule has 0 aliphatic rings. The summed E-state index contributed by atoms with van der Waals surface area (Å²) < 4.78 is 12.9. The van der Waals surface area contributed by atoms with Crippen LogP contribution in [0.4, 0.5) is 4.39 Å². The summed E-state index contributed by atoms with van der Waals surface area (Å²) in [6.07, 6.45) is 0. The summed E-state index contributed by atoms with van der Waals surface area (Å²) in [5.74, 6) is -0.730. The molecule has 2 atom stereocenters. The first-order valence-corrected chi connectivity index (χ1v) is 7.59. The minimum atomic E-state index is -0.626. The van der Waals surface area contributed by atoms with E-state index in [1.54, 1.807) is 0 Å². The summed E-state index contributed by atoms with van der Waals surface area (Å²) in [7, 11) is 0. The van der Waals surface area contributed by atoms with E-state index in [1.165, 1.54) is 24.3 Å². The maximum absolute atomic E-state index is 12.9. The second kappa shape index (κ2) is 7.92. The SMILES string of the molecule is CC(C)C(C)NC(=O)C(NC(=O)c1ccc(F)cc1)C(C)C. The van der Waals surface area contributed by atoms with Crippen LogP contribution in [0, 0.1) is 17.7 Å². The van der Waals surface area contributed by atoms with Gasteiger partial charge in [-0.3, -0.25) is 9.59 Å². The van der Waals surface area contributed by atoms with Crippen molar-refractivity contribution in [2.75, 3.05) is 0 Å². The molecular formula is C17H25FN2O2. The zero-order valence-corrected chi connectivity index (χ0v) is 13.8. The van der Waals surface area contributed by atoms with Gasteiger partial charge in [-0.25, -0.2) is 4.39 Å². The molecule has 0 aliphatic heterocycles. The number of hydrogen-bond donors (Lipinski definition) is 2. The number of carbonyl (C=O) groups excluding carboxylic acids is 2. The van der Waals surface area contributed by atoms with Crippen LogP contribution in [0.5, 0.6) is 0 Å². The fourth-order valence-corrected chi connectivity index (χ4v) is 1.84. The first-order valence-electron chi connectivity index (χ1n) is 7.59. The molecule has 0 spiro atoms. The van der Waals surface area contributed by atoms with Gasteiger partial charge in [0.25, 0.3) is 5.91 Å². The number of rotatable bonds is 6.